The first-order chi connectivity index (χ1) is 30.1. The van der Waals surface area contributed by atoms with Crippen LogP contribution in [0, 0.1) is 20.2 Å². The van der Waals surface area contributed by atoms with Crippen molar-refractivity contribution >= 4 is 51.1 Å². The molecule has 0 aliphatic rings. The number of anilines is 1. The summed E-state index contributed by atoms with van der Waals surface area (Å²) in [5.41, 5.74) is 6.64. The van der Waals surface area contributed by atoms with E-state index >= 15 is 0 Å². The van der Waals surface area contributed by atoms with Crippen LogP contribution in [-0.4, -0.2) is 95.9 Å². The number of carbonyl (C=O) groups excluding carboxylic acids is 1. The van der Waals surface area contributed by atoms with Gasteiger partial charge in [0.05, 0.1) is 66.3 Å². The van der Waals surface area contributed by atoms with E-state index in [0.29, 0.717) is 31.3 Å². The van der Waals surface area contributed by atoms with E-state index < -0.39 is 49.5 Å². The number of Topliss-reactive ketones (excluding diaryl/α,β-unsaturated/α-hetero) is 1. The van der Waals surface area contributed by atoms with Gasteiger partial charge in [-0.2, -0.15) is 0 Å². The molecule has 0 aliphatic carbocycles. The molecular formula is C40H57BN4O17P2. The van der Waals surface area contributed by atoms with Gasteiger partial charge in [-0.25, -0.2) is 4.79 Å². The maximum Gasteiger partial charge on any atom is 0.374 e. The van der Waals surface area contributed by atoms with Crippen LogP contribution in [-0.2, 0) is 27.2 Å². The number of aromatic hydroxyl groups is 1. The van der Waals surface area contributed by atoms with Gasteiger partial charge in [0.2, 0.25) is 0 Å². The van der Waals surface area contributed by atoms with E-state index in [1.165, 1.54) is 25.1 Å². The summed E-state index contributed by atoms with van der Waals surface area (Å²) in [7, 11) is -6.84. The van der Waals surface area contributed by atoms with Crippen molar-refractivity contribution in [3.63, 3.8) is 0 Å². The Morgan fingerprint density at radius 2 is 1.20 bits per heavy atom. The second-order valence-electron chi connectivity index (χ2n) is 13.1. The van der Waals surface area contributed by atoms with Gasteiger partial charge in [-0.05, 0) is 78.2 Å². The lowest BCUT2D eigenvalue weighted by Crippen LogP contribution is -2.32. The molecule has 0 saturated carbocycles. The Morgan fingerprint density at radius 3 is 1.62 bits per heavy atom. The summed E-state index contributed by atoms with van der Waals surface area (Å²) < 4.78 is 56.4. The van der Waals surface area contributed by atoms with E-state index in [4.69, 9.17) is 43.5 Å². The summed E-state index contributed by atoms with van der Waals surface area (Å²) in [6, 6.07) is 11.9. The lowest BCUT2D eigenvalue weighted by atomic mass is 9.86. The van der Waals surface area contributed by atoms with Crippen molar-refractivity contribution in [3.8, 4) is 17.2 Å². The molecule has 0 unspecified atom stereocenters. The molecule has 0 amide bonds. The van der Waals surface area contributed by atoms with E-state index in [0.717, 1.165) is 23.8 Å². The van der Waals surface area contributed by atoms with Crippen LogP contribution in [0.1, 0.15) is 73.9 Å². The summed E-state index contributed by atoms with van der Waals surface area (Å²) >= 11 is 0. The number of carboxylic acid groups (broad SMARTS) is 1. The Balaban J connectivity index is 0.000000506. The van der Waals surface area contributed by atoms with Gasteiger partial charge in [0.15, 0.2) is 5.78 Å². The molecule has 0 saturated heterocycles. The van der Waals surface area contributed by atoms with Crippen molar-refractivity contribution in [1.82, 2.24) is 5.23 Å². The predicted molar refractivity (Wildman–Crippen MR) is 242 cm³/mol. The molecular weight excluding hydrogens is 881 g/mol. The van der Waals surface area contributed by atoms with Crippen molar-refractivity contribution in [2.24, 2.45) is 0 Å². The zero-order valence-electron chi connectivity index (χ0n) is 36.7. The number of carbonyl (C=O) groups is 2. The fourth-order valence-electron chi connectivity index (χ4n) is 5.14. The van der Waals surface area contributed by atoms with E-state index in [1.54, 1.807) is 64.9 Å². The number of ether oxygens (including phenoxy) is 2. The number of benzene rings is 3. The number of rotatable bonds is 25. The third-order valence-electron chi connectivity index (χ3n) is 7.80. The molecule has 3 aromatic rings. The minimum Gasteiger partial charge on any atom is -0.508 e. The number of nitrogens with zero attached hydrogens (tertiary/aromatic N) is 2. The monoisotopic (exact) mass is 938 g/mol. The van der Waals surface area contributed by atoms with Gasteiger partial charge in [0, 0.05) is 35.5 Å². The van der Waals surface area contributed by atoms with Crippen LogP contribution in [0.3, 0.4) is 0 Å². The number of nitro groups is 2. The number of allylic oxidation sites excluding steroid dienone is 2. The molecule has 64 heavy (non-hydrogen) atoms. The number of carboxylic acids is 1. The highest BCUT2D eigenvalue weighted by Crippen LogP contribution is 2.48. The fraction of sp³-hybridized carbons (Fsp3) is 0.400. The van der Waals surface area contributed by atoms with Crippen molar-refractivity contribution < 1.29 is 71.4 Å². The molecule has 24 heteroatoms. The Labute approximate surface area is 372 Å². The van der Waals surface area contributed by atoms with Gasteiger partial charge < -0.3 is 53.8 Å². The minimum atomic E-state index is -3.15. The average Bonchev–Trinajstić information content (AvgIpc) is 3.20. The largest absolute Gasteiger partial charge is 0.508 e. The normalized spacial score (nSPS) is 11.8. The lowest BCUT2D eigenvalue weighted by Gasteiger charge is -2.17. The summed E-state index contributed by atoms with van der Waals surface area (Å²) in [6.45, 7) is 13.6. The lowest BCUT2D eigenvalue weighted by molar-refractivity contribution is -0.385. The first-order valence-electron chi connectivity index (χ1n) is 19.8. The van der Waals surface area contributed by atoms with Crippen LogP contribution < -0.4 is 20.4 Å². The number of ketones is 1. The third-order valence-corrected chi connectivity index (χ3v) is 11.7. The average molecular weight is 939 g/mol. The minimum absolute atomic E-state index is 0.0698. The van der Waals surface area contributed by atoms with Gasteiger partial charge >= 0.3 is 28.2 Å². The van der Waals surface area contributed by atoms with Crippen LogP contribution in [0.4, 0.5) is 17.1 Å². The summed E-state index contributed by atoms with van der Waals surface area (Å²) in [4.78, 5) is 41.6. The van der Waals surface area contributed by atoms with Crippen LogP contribution in [0.2, 0.25) is 6.82 Å². The number of hydrogen-bond acceptors (Lipinski definition) is 18. The number of aromatic carboxylic acids is 1. The van der Waals surface area contributed by atoms with Crippen molar-refractivity contribution in [2.45, 2.75) is 54.4 Å². The summed E-state index contributed by atoms with van der Waals surface area (Å²) in [6.07, 6.45) is 7.02. The maximum atomic E-state index is 12.3. The molecule has 0 bridgehead atoms. The zero-order valence-corrected chi connectivity index (χ0v) is 38.5. The Morgan fingerprint density at radius 1 is 0.750 bits per heavy atom. The number of non-ortho nitro benzene ring substituents is 2. The molecule has 3 rings (SSSR count). The molecule has 6 N–H and O–H groups in total. The van der Waals surface area contributed by atoms with Gasteiger partial charge in [-0.15, -0.1) is 0 Å². The number of nitrogen functional groups attached to an aromatic ring is 1. The molecule has 0 aromatic heterocycles. The fourth-order valence-corrected chi connectivity index (χ4v) is 8.10. The van der Waals surface area contributed by atoms with Crippen LogP contribution in [0.5, 0.6) is 17.2 Å². The number of hydrogen-bond donors (Lipinski definition) is 5. The van der Waals surface area contributed by atoms with E-state index in [9.17, 15) is 44.0 Å². The highest BCUT2D eigenvalue weighted by atomic mass is 31.2. The van der Waals surface area contributed by atoms with E-state index in [1.807, 2.05) is 19.1 Å². The molecule has 1 atom stereocenters. The van der Waals surface area contributed by atoms with E-state index in [2.05, 4.69) is 5.23 Å². The van der Waals surface area contributed by atoms with Crippen molar-refractivity contribution in [3.05, 3.63) is 116 Å². The number of nitro benzene ring substituents is 2. The molecule has 0 aliphatic heterocycles. The quantitative estimate of drug-likeness (QED) is 0.0102. The van der Waals surface area contributed by atoms with E-state index in [-0.39, 0.29) is 66.5 Å². The predicted octanol–water partition coefficient (Wildman–Crippen LogP) is 8.23. The molecule has 0 spiro atoms. The Kier molecular flexibility index (Phi) is 25.7. The topological polar surface area (TPSA) is 309 Å². The standard InChI is InChI=1S/C17H30BN2O5P.C16H22NO7P.C7H5NO5/c1-5-24-26(22,25-6-2)10-8-7-9-23-17-12-15(11-16(19)13-17)14(3)20-18(4)21;1-4-23-25(21,24-5-2)9-7-6-8-22-16-11-14(13(3)18)10-15(12-16)17(19)20;9-6-2-4(7(10)11)1-5(3-6)8(12)13/h7-8,11-14,20-21H,5-6,9-10,19H2,1-4H3;6-7,10-12H,4-5,8-9H2,1-3H3;1-3,9H,(H,10,11)/b8-7+;7-6+;/t14-;;/m0../s1. The second kappa shape index (κ2) is 29.1. The molecule has 0 fully saturated rings. The number of nitrogens with one attached hydrogen (secondary N) is 1. The second-order valence-corrected chi connectivity index (χ2v) is 17.3. The highest BCUT2D eigenvalue weighted by Gasteiger charge is 2.22. The molecule has 0 radical (unpaired) electrons. The first kappa shape index (κ1) is 56.6. The van der Waals surface area contributed by atoms with Crippen LogP contribution >= 0.6 is 15.2 Å². The van der Waals surface area contributed by atoms with Crippen LogP contribution in [0.25, 0.3) is 0 Å². The van der Waals surface area contributed by atoms with Crippen molar-refractivity contribution in [1.29, 1.82) is 0 Å². The first-order valence-corrected chi connectivity index (χ1v) is 23.2. The zero-order chi connectivity index (χ0) is 48.5. The Hall–Kier alpha value is -5.44. The summed E-state index contributed by atoms with van der Waals surface area (Å²) in [5, 5.41) is 51.0. The summed E-state index contributed by atoms with van der Waals surface area (Å²) in [5.74, 6) is -1.22. The number of phenolic OH excluding ortho intramolecular Hbond substituents is 1. The molecule has 0 heterocycles. The highest BCUT2D eigenvalue weighted by molar-refractivity contribution is 7.54. The SMILES string of the molecule is CCOP(=O)(C/C=C/COc1cc(C(C)=O)cc([N+](=O)[O-])c1)OCC.CCOP(=O)(C/C=C/COc1cc(N)cc([C@H](C)NB(C)O)c1)OCC.O=C(O)c1cc(O)cc([N+](=O)[O-])c1. The third kappa shape index (κ3) is 22.3. The molecule has 3 aromatic carbocycles. The van der Waals surface area contributed by atoms with Crippen LogP contribution in [0.15, 0.2) is 78.9 Å². The number of phenols is 1. The molecule has 352 valence electrons. The van der Waals surface area contributed by atoms with Gasteiger partial charge in [0.25, 0.3) is 11.4 Å². The number of nitrogens with two attached hydrogens (primary N) is 1. The maximum absolute atomic E-state index is 12.3. The molecule has 21 nitrogen and oxygen atoms in total. The van der Waals surface area contributed by atoms with Gasteiger partial charge in [-0.3, -0.25) is 34.2 Å². The van der Waals surface area contributed by atoms with Gasteiger partial charge in [0.1, 0.15) is 30.5 Å². The Bertz CT molecular complexity index is 2070. The smallest absolute Gasteiger partial charge is 0.374 e. The van der Waals surface area contributed by atoms with Crippen molar-refractivity contribution in [2.75, 3.05) is 57.7 Å². The van der Waals surface area contributed by atoms with Gasteiger partial charge in [-0.1, -0.05) is 24.3 Å².